The zero-order valence-corrected chi connectivity index (χ0v) is 11.8. The summed E-state index contributed by atoms with van der Waals surface area (Å²) in [6.45, 7) is 6.65. The number of aromatic carboxylic acids is 1. The quantitative estimate of drug-likeness (QED) is 0.868. The number of ether oxygens (including phenoxy) is 1. The summed E-state index contributed by atoms with van der Waals surface area (Å²) in [6.07, 6.45) is 2.16. The van der Waals surface area contributed by atoms with Gasteiger partial charge in [0.25, 0.3) is 0 Å². The molecule has 1 heterocycles. The molecule has 2 unspecified atom stereocenters. The van der Waals surface area contributed by atoms with Crippen LogP contribution in [0.4, 0.5) is 10.2 Å². The van der Waals surface area contributed by atoms with Gasteiger partial charge < -0.3 is 15.2 Å². The highest BCUT2D eigenvalue weighted by Crippen LogP contribution is 2.44. The van der Waals surface area contributed by atoms with Crippen LogP contribution in [0, 0.1) is 11.2 Å². The van der Waals surface area contributed by atoms with Crippen LogP contribution in [0.15, 0.2) is 12.3 Å². The van der Waals surface area contributed by atoms with E-state index in [-0.39, 0.29) is 28.9 Å². The van der Waals surface area contributed by atoms with E-state index in [9.17, 15) is 9.18 Å². The van der Waals surface area contributed by atoms with Crippen molar-refractivity contribution in [3.63, 3.8) is 0 Å². The van der Waals surface area contributed by atoms with Crippen LogP contribution in [0.2, 0.25) is 0 Å². The first-order valence-corrected chi connectivity index (χ1v) is 6.63. The van der Waals surface area contributed by atoms with E-state index < -0.39 is 11.8 Å². The van der Waals surface area contributed by atoms with E-state index in [1.165, 1.54) is 6.20 Å². The molecule has 20 heavy (non-hydrogen) atoms. The van der Waals surface area contributed by atoms with Crippen LogP contribution in [0.5, 0.6) is 0 Å². The number of aromatic nitrogens is 1. The molecule has 0 aromatic carbocycles. The summed E-state index contributed by atoms with van der Waals surface area (Å²) in [5, 5.41) is 11.9. The maximum atomic E-state index is 14.0. The first-order chi connectivity index (χ1) is 9.37. The first kappa shape index (κ1) is 14.7. The fourth-order valence-corrected chi connectivity index (χ4v) is 2.49. The van der Waals surface area contributed by atoms with Crippen LogP contribution in [0.25, 0.3) is 0 Å². The molecule has 6 heteroatoms. The molecule has 0 radical (unpaired) electrons. The van der Waals surface area contributed by atoms with Crippen LogP contribution in [-0.4, -0.2) is 34.8 Å². The van der Waals surface area contributed by atoms with Crippen LogP contribution in [0.1, 0.15) is 37.6 Å². The second-order valence-corrected chi connectivity index (χ2v) is 5.52. The lowest BCUT2D eigenvalue weighted by Gasteiger charge is -2.51. The van der Waals surface area contributed by atoms with E-state index in [0.29, 0.717) is 6.61 Å². The summed E-state index contributed by atoms with van der Waals surface area (Å²) in [7, 11) is 0. The molecule has 0 aliphatic heterocycles. The molecule has 110 valence electrons. The van der Waals surface area contributed by atoms with E-state index in [0.717, 1.165) is 12.5 Å². The van der Waals surface area contributed by atoms with Crippen molar-refractivity contribution in [1.82, 2.24) is 4.98 Å². The minimum atomic E-state index is -1.30. The van der Waals surface area contributed by atoms with Crippen molar-refractivity contribution in [3.05, 3.63) is 23.6 Å². The van der Waals surface area contributed by atoms with Gasteiger partial charge in [-0.2, -0.15) is 0 Å². The Kier molecular flexibility index (Phi) is 3.94. The predicted octanol–water partition coefficient (Wildman–Crippen LogP) is 2.53. The molecule has 1 fully saturated rings. The molecule has 2 N–H and O–H groups in total. The van der Waals surface area contributed by atoms with Gasteiger partial charge in [-0.3, -0.25) is 0 Å². The standard InChI is InChI=1S/C14H19FN2O3/c1-4-20-10-7-9(14(10,2)3)17-12-11(15)8(13(18)19)5-6-16-12/h5-6,9-10H,4,7H2,1-3H3,(H,16,17)(H,18,19). The summed E-state index contributed by atoms with van der Waals surface area (Å²) < 4.78 is 19.6. The monoisotopic (exact) mass is 282 g/mol. The van der Waals surface area contributed by atoms with Gasteiger partial charge in [-0.25, -0.2) is 14.2 Å². The molecule has 1 aromatic heterocycles. The Hall–Kier alpha value is -1.69. The van der Waals surface area contributed by atoms with Crippen molar-refractivity contribution in [2.45, 2.75) is 39.3 Å². The van der Waals surface area contributed by atoms with E-state index in [1.54, 1.807) is 0 Å². The Balaban J connectivity index is 2.13. The van der Waals surface area contributed by atoms with E-state index >= 15 is 0 Å². The summed E-state index contributed by atoms with van der Waals surface area (Å²) in [6, 6.07) is 1.16. The number of halogens is 1. The molecule has 1 aromatic rings. The minimum absolute atomic E-state index is 0.00472. The number of hydrogen-bond donors (Lipinski definition) is 2. The van der Waals surface area contributed by atoms with Gasteiger partial charge >= 0.3 is 5.97 Å². The normalized spacial score (nSPS) is 24.0. The molecule has 1 aliphatic carbocycles. The molecule has 0 saturated heterocycles. The number of hydrogen-bond acceptors (Lipinski definition) is 4. The average molecular weight is 282 g/mol. The maximum Gasteiger partial charge on any atom is 0.338 e. The highest BCUT2D eigenvalue weighted by atomic mass is 19.1. The Morgan fingerprint density at radius 2 is 2.35 bits per heavy atom. The van der Waals surface area contributed by atoms with Crippen molar-refractivity contribution >= 4 is 11.8 Å². The summed E-state index contributed by atoms with van der Waals surface area (Å²) >= 11 is 0. The van der Waals surface area contributed by atoms with Gasteiger partial charge in [0.15, 0.2) is 11.6 Å². The second-order valence-electron chi connectivity index (χ2n) is 5.52. The zero-order chi connectivity index (χ0) is 14.9. The SMILES string of the molecule is CCOC1CC(Nc2nccc(C(=O)O)c2F)C1(C)C. The van der Waals surface area contributed by atoms with Gasteiger partial charge in [-0.15, -0.1) is 0 Å². The Labute approximate surface area is 117 Å². The third-order valence-corrected chi connectivity index (χ3v) is 3.98. The zero-order valence-electron chi connectivity index (χ0n) is 11.8. The number of carboxylic acids is 1. The number of pyridine rings is 1. The lowest BCUT2D eigenvalue weighted by atomic mass is 9.64. The number of carboxylic acid groups (broad SMARTS) is 1. The van der Waals surface area contributed by atoms with Crippen molar-refractivity contribution in [1.29, 1.82) is 0 Å². The minimum Gasteiger partial charge on any atom is -0.478 e. The molecular formula is C14H19FN2O3. The lowest BCUT2D eigenvalue weighted by molar-refractivity contribution is -0.0977. The van der Waals surface area contributed by atoms with Gasteiger partial charge in [-0.1, -0.05) is 13.8 Å². The van der Waals surface area contributed by atoms with Crippen molar-refractivity contribution in [2.75, 3.05) is 11.9 Å². The summed E-state index contributed by atoms with van der Waals surface area (Å²) in [5.74, 6) is -2.14. The summed E-state index contributed by atoms with van der Waals surface area (Å²) in [4.78, 5) is 14.8. The van der Waals surface area contributed by atoms with Gasteiger partial charge in [-0.05, 0) is 19.4 Å². The molecule has 0 spiro atoms. The van der Waals surface area contributed by atoms with E-state index in [4.69, 9.17) is 9.84 Å². The van der Waals surface area contributed by atoms with Gasteiger partial charge in [0, 0.05) is 24.3 Å². The Morgan fingerprint density at radius 3 is 2.90 bits per heavy atom. The smallest absolute Gasteiger partial charge is 0.338 e. The van der Waals surface area contributed by atoms with Gasteiger partial charge in [0.05, 0.1) is 6.10 Å². The van der Waals surface area contributed by atoms with Gasteiger partial charge in [0.1, 0.15) is 5.56 Å². The van der Waals surface area contributed by atoms with Crippen LogP contribution in [0.3, 0.4) is 0 Å². The number of anilines is 1. The highest BCUT2D eigenvalue weighted by Gasteiger charge is 2.49. The average Bonchev–Trinajstić information content (AvgIpc) is 2.39. The number of carbonyl (C=O) groups is 1. The predicted molar refractivity (Wildman–Crippen MR) is 72.4 cm³/mol. The topological polar surface area (TPSA) is 71.5 Å². The van der Waals surface area contributed by atoms with Crippen LogP contribution < -0.4 is 5.32 Å². The summed E-state index contributed by atoms with van der Waals surface area (Å²) in [5.41, 5.74) is -0.524. The molecule has 0 amide bonds. The van der Waals surface area contributed by atoms with Crippen molar-refractivity contribution in [2.24, 2.45) is 5.41 Å². The lowest BCUT2D eigenvalue weighted by Crippen LogP contribution is -2.58. The molecule has 5 nitrogen and oxygen atoms in total. The first-order valence-electron chi connectivity index (χ1n) is 6.63. The fraction of sp³-hybridized carbons (Fsp3) is 0.571. The number of rotatable bonds is 5. The maximum absolute atomic E-state index is 14.0. The molecule has 2 atom stereocenters. The number of nitrogens with zero attached hydrogens (tertiary/aromatic N) is 1. The van der Waals surface area contributed by atoms with Crippen molar-refractivity contribution < 1.29 is 19.0 Å². The number of nitrogens with one attached hydrogen (secondary N) is 1. The van der Waals surface area contributed by atoms with Gasteiger partial charge in [0.2, 0.25) is 0 Å². The van der Waals surface area contributed by atoms with E-state index in [2.05, 4.69) is 10.3 Å². The highest BCUT2D eigenvalue weighted by molar-refractivity contribution is 5.88. The van der Waals surface area contributed by atoms with E-state index in [1.807, 2.05) is 20.8 Å². The molecule has 0 bridgehead atoms. The Morgan fingerprint density at radius 1 is 1.65 bits per heavy atom. The van der Waals surface area contributed by atoms with Crippen molar-refractivity contribution in [3.8, 4) is 0 Å². The Bertz CT molecular complexity index is 519. The molecular weight excluding hydrogens is 263 g/mol. The second kappa shape index (κ2) is 5.36. The van der Waals surface area contributed by atoms with Crippen LogP contribution >= 0.6 is 0 Å². The van der Waals surface area contributed by atoms with Crippen LogP contribution in [-0.2, 0) is 4.74 Å². The largest absolute Gasteiger partial charge is 0.478 e. The third kappa shape index (κ3) is 2.47. The molecule has 1 aliphatic rings. The molecule has 1 saturated carbocycles. The third-order valence-electron chi connectivity index (χ3n) is 3.98. The fourth-order valence-electron chi connectivity index (χ4n) is 2.49. The molecule has 2 rings (SSSR count).